The summed E-state index contributed by atoms with van der Waals surface area (Å²) in [4.78, 5) is 26.3. The van der Waals surface area contributed by atoms with Gasteiger partial charge in [0.05, 0.1) is 23.6 Å². The number of likely N-dealkylation sites (tertiary alicyclic amines) is 1. The Morgan fingerprint density at radius 1 is 1.28 bits per heavy atom. The number of carbonyl (C=O) groups excluding carboxylic acids is 2. The molecule has 0 N–H and O–H groups in total. The van der Waals surface area contributed by atoms with Crippen LogP contribution >= 0.6 is 15.9 Å². The van der Waals surface area contributed by atoms with Crippen molar-refractivity contribution in [2.24, 2.45) is 11.8 Å². The SMILES string of the molecule is CCOC(=O)C1CCN(C(=O)c2ccc(OCC(C)C)c(Br)c2)CC1. The standard InChI is InChI=1S/C19H26BrNO4/c1-4-24-19(23)14-7-9-21(10-8-14)18(22)15-5-6-17(16(20)11-15)25-12-13(2)3/h5-6,11,13-14H,4,7-10,12H2,1-3H3. The second kappa shape index (κ2) is 9.22. The summed E-state index contributed by atoms with van der Waals surface area (Å²) < 4.78 is 11.6. The monoisotopic (exact) mass is 411 g/mol. The van der Waals surface area contributed by atoms with Crippen LogP contribution in [0.25, 0.3) is 0 Å². The van der Waals surface area contributed by atoms with E-state index in [1.165, 1.54) is 0 Å². The fraction of sp³-hybridized carbons (Fsp3) is 0.579. The van der Waals surface area contributed by atoms with Crippen LogP contribution in [0.1, 0.15) is 44.0 Å². The maximum Gasteiger partial charge on any atom is 0.309 e. The second-order valence-corrected chi connectivity index (χ2v) is 7.52. The number of ether oxygens (including phenoxy) is 2. The van der Waals surface area contributed by atoms with Gasteiger partial charge in [-0.05, 0) is 59.8 Å². The molecule has 1 aliphatic heterocycles. The van der Waals surface area contributed by atoms with Crippen LogP contribution in [0, 0.1) is 11.8 Å². The summed E-state index contributed by atoms with van der Waals surface area (Å²) in [6, 6.07) is 5.42. The minimum absolute atomic E-state index is 0.0154. The summed E-state index contributed by atoms with van der Waals surface area (Å²) >= 11 is 3.48. The first-order valence-corrected chi connectivity index (χ1v) is 9.60. The molecule has 1 amide bonds. The molecular formula is C19H26BrNO4. The average molecular weight is 412 g/mol. The van der Waals surface area contributed by atoms with E-state index in [2.05, 4.69) is 29.8 Å². The molecule has 1 fully saturated rings. The first kappa shape index (κ1) is 19.8. The molecule has 0 atom stereocenters. The van der Waals surface area contributed by atoms with Gasteiger partial charge in [0, 0.05) is 18.7 Å². The van der Waals surface area contributed by atoms with Crippen molar-refractivity contribution in [2.45, 2.75) is 33.6 Å². The Labute approximate surface area is 157 Å². The van der Waals surface area contributed by atoms with Gasteiger partial charge in [-0.2, -0.15) is 0 Å². The van der Waals surface area contributed by atoms with Crippen molar-refractivity contribution in [3.63, 3.8) is 0 Å². The van der Waals surface area contributed by atoms with E-state index >= 15 is 0 Å². The first-order valence-electron chi connectivity index (χ1n) is 8.80. The van der Waals surface area contributed by atoms with Gasteiger partial charge in [-0.25, -0.2) is 0 Å². The maximum absolute atomic E-state index is 12.7. The van der Waals surface area contributed by atoms with E-state index in [4.69, 9.17) is 9.47 Å². The number of hydrogen-bond acceptors (Lipinski definition) is 4. The molecule has 0 aromatic heterocycles. The molecule has 1 aromatic rings. The highest BCUT2D eigenvalue weighted by Crippen LogP contribution is 2.28. The van der Waals surface area contributed by atoms with E-state index in [9.17, 15) is 9.59 Å². The Kier molecular flexibility index (Phi) is 7.29. The zero-order chi connectivity index (χ0) is 18.4. The van der Waals surface area contributed by atoms with Crippen LogP contribution in [-0.4, -0.2) is 43.1 Å². The van der Waals surface area contributed by atoms with Crippen molar-refractivity contribution in [2.75, 3.05) is 26.3 Å². The number of rotatable bonds is 6. The second-order valence-electron chi connectivity index (χ2n) is 6.67. The molecule has 5 nitrogen and oxygen atoms in total. The third-order valence-electron chi connectivity index (χ3n) is 4.15. The molecule has 0 saturated carbocycles. The average Bonchev–Trinajstić information content (AvgIpc) is 2.60. The van der Waals surface area contributed by atoms with Gasteiger partial charge in [-0.1, -0.05) is 13.8 Å². The van der Waals surface area contributed by atoms with Crippen LogP contribution in [0.4, 0.5) is 0 Å². The Morgan fingerprint density at radius 2 is 1.96 bits per heavy atom. The predicted molar refractivity (Wildman–Crippen MR) is 99.7 cm³/mol. The van der Waals surface area contributed by atoms with E-state index in [0.717, 1.165) is 10.2 Å². The predicted octanol–water partition coefficient (Wildman–Crippen LogP) is 3.90. The van der Waals surface area contributed by atoms with Crippen LogP contribution in [0.2, 0.25) is 0 Å². The van der Waals surface area contributed by atoms with Gasteiger partial charge in [-0.3, -0.25) is 9.59 Å². The topological polar surface area (TPSA) is 55.8 Å². The van der Waals surface area contributed by atoms with Crippen molar-refractivity contribution >= 4 is 27.8 Å². The summed E-state index contributed by atoms with van der Waals surface area (Å²) in [5.41, 5.74) is 0.623. The van der Waals surface area contributed by atoms with Crippen molar-refractivity contribution in [3.8, 4) is 5.75 Å². The lowest BCUT2D eigenvalue weighted by molar-refractivity contribution is -0.149. The summed E-state index contributed by atoms with van der Waals surface area (Å²) in [7, 11) is 0. The van der Waals surface area contributed by atoms with Gasteiger partial charge in [-0.15, -0.1) is 0 Å². The molecule has 1 aromatic carbocycles. The molecule has 6 heteroatoms. The van der Waals surface area contributed by atoms with Gasteiger partial charge in [0.1, 0.15) is 5.75 Å². The molecule has 0 bridgehead atoms. The van der Waals surface area contributed by atoms with E-state index in [0.29, 0.717) is 50.6 Å². The lowest BCUT2D eigenvalue weighted by Crippen LogP contribution is -2.40. The molecule has 0 radical (unpaired) electrons. The van der Waals surface area contributed by atoms with Crippen molar-refractivity contribution in [1.29, 1.82) is 0 Å². The number of hydrogen-bond donors (Lipinski definition) is 0. The lowest BCUT2D eigenvalue weighted by atomic mass is 9.96. The van der Waals surface area contributed by atoms with Gasteiger partial charge in [0.25, 0.3) is 5.91 Å². The smallest absolute Gasteiger partial charge is 0.309 e. The maximum atomic E-state index is 12.7. The van der Waals surface area contributed by atoms with Crippen LogP contribution in [0.15, 0.2) is 22.7 Å². The fourth-order valence-corrected chi connectivity index (χ4v) is 3.26. The number of carbonyl (C=O) groups is 2. The summed E-state index contributed by atoms with van der Waals surface area (Å²) in [5, 5.41) is 0. The van der Waals surface area contributed by atoms with E-state index in [1.807, 2.05) is 13.0 Å². The fourth-order valence-electron chi connectivity index (χ4n) is 2.77. The number of amides is 1. The molecule has 2 rings (SSSR count). The highest BCUT2D eigenvalue weighted by Gasteiger charge is 2.28. The van der Waals surface area contributed by atoms with E-state index < -0.39 is 0 Å². The molecule has 138 valence electrons. The first-order chi connectivity index (χ1) is 11.9. The van der Waals surface area contributed by atoms with Crippen molar-refractivity contribution < 1.29 is 19.1 Å². The largest absolute Gasteiger partial charge is 0.492 e. The Morgan fingerprint density at radius 3 is 2.52 bits per heavy atom. The van der Waals surface area contributed by atoms with Gasteiger partial charge in [0.15, 0.2) is 0 Å². The quantitative estimate of drug-likeness (QED) is 0.666. The zero-order valence-corrected chi connectivity index (χ0v) is 16.7. The summed E-state index contributed by atoms with van der Waals surface area (Å²) in [6.07, 6.45) is 1.31. The van der Waals surface area contributed by atoms with Crippen LogP contribution < -0.4 is 4.74 Å². The molecule has 0 unspecified atom stereocenters. The number of nitrogens with zero attached hydrogens (tertiary/aromatic N) is 1. The third kappa shape index (κ3) is 5.46. The molecular weight excluding hydrogens is 386 g/mol. The van der Waals surface area contributed by atoms with Gasteiger partial charge in [0.2, 0.25) is 0 Å². The number of benzene rings is 1. The lowest BCUT2D eigenvalue weighted by Gasteiger charge is -2.31. The number of halogens is 1. The third-order valence-corrected chi connectivity index (χ3v) is 4.77. The Hall–Kier alpha value is -1.56. The molecule has 1 heterocycles. The number of esters is 1. The molecule has 25 heavy (non-hydrogen) atoms. The highest BCUT2D eigenvalue weighted by atomic mass is 79.9. The minimum atomic E-state index is -0.149. The zero-order valence-electron chi connectivity index (χ0n) is 15.1. The van der Waals surface area contributed by atoms with Gasteiger partial charge < -0.3 is 14.4 Å². The van der Waals surface area contributed by atoms with Crippen LogP contribution in [-0.2, 0) is 9.53 Å². The minimum Gasteiger partial charge on any atom is -0.492 e. The molecule has 1 saturated heterocycles. The van der Waals surface area contributed by atoms with Crippen molar-refractivity contribution in [1.82, 2.24) is 4.90 Å². The van der Waals surface area contributed by atoms with Crippen LogP contribution in [0.3, 0.4) is 0 Å². The van der Waals surface area contributed by atoms with Gasteiger partial charge >= 0.3 is 5.97 Å². The normalized spacial score (nSPS) is 15.3. The van der Waals surface area contributed by atoms with Crippen molar-refractivity contribution in [3.05, 3.63) is 28.2 Å². The molecule has 0 aliphatic carbocycles. The molecule has 1 aliphatic rings. The molecule has 0 spiro atoms. The van der Waals surface area contributed by atoms with E-state index in [-0.39, 0.29) is 17.8 Å². The Bertz CT molecular complexity index is 609. The number of piperidine rings is 1. The highest BCUT2D eigenvalue weighted by molar-refractivity contribution is 9.10. The van der Waals surface area contributed by atoms with Crippen LogP contribution in [0.5, 0.6) is 5.75 Å². The summed E-state index contributed by atoms with van der Waals surface area (Å²) in [5.74, 6) is 0.921. The summed E-state index contributed by atoms with van der Waals surface area (Å²) in [6.45, 7) is 8.17. The van der Waals surface area contributed by atoms with E-state index in [1.54, 1.807) is 17.0 Å². The Balaban J connectivity index is 1.95.